The maximum atomic E-state index is 10.7. The van der Waals surface area contributed by atoms with Crippen LogP contribution >= 0.6 is 0 Å². The molecule has 0 unspecified atom stereocenters. The number of carbonyl (C=O) groups is 1. The first-order valence-electron chi connectivity index (χ1n) is 5.48. The van der Waals surface area contributed by atoms with Gasteiger partial charge < -0.3 is 4.74 Å². The predicted molar refractivity (Wildman–Crippen MR) is 61.4 cm³/mol. The molecular formula is C13H18O2. The van der Waals surface area contributed by atoms with Gasteiger partial charge in [-0.2, -0.15) is 0 Å². The minimum atomic E-state index is 0.574. The summed E-state index contributed by atoms with van der Waals surface area (Å²) in [5.74, 6) is 1.27. The Balaban J connectivity index is 2.60. The third kappa shape index (κ3) is 3.39. The second-order valence-electron chi connectivity index (χ2n) is 3.65. The summed E-state index contributed by atoms with van der Waals surface area (Å²) < 4.78 is 5.64. The second-order valence-corrected chi connectivity index (χ2v) is 3.65. The number of hydrogen-bond acceptors (Lipinski definition) is 2. The van der Waals surface area contributed by atoms with E-state index in [1.165, 1.54) is 0 Å². The fraction of sp³-hybridized carbons (Fsp3) is 0.462. The molecule has 1 aromatic rings. The van der Waals surface area contributed by atoms with E-state index in [2.05, 4.69) is 13.8 Å². The van der Waals surface area contributed by atoms with E-state index in [0.717, 1.165) is 19.1 Å². The van der Waals surface area contributed by atoms with Crippen molar-refractivity contribution in [3.63, 3.8) is 0 Å². The van der Waals surface area contributed by atoms with Gasteiger partial charge in [-0.05, 0) is 18.1 Å². The van der Waals surface area contributed by atoms with Crippen LogP contribution in [0.1, 0.15) is 37.0 Å². The molecule has 0 saturated carbocycles. The van der Waals surface area contributed by atoms with Gasteiger partial charge in [-0.3, -0.25) is 4.79 Å². The fourth-order valence-electron chi connectivity index (χ4n) is 1.44. The van der Waals surface area contributed by atoms with Crippen molar-refractivity contribution in [1.82, 2.24) is 0 Å². The van der Waals surface area contributed by atoms with E-state index in [1.807, 2.05) is 18.2 Å². The molecule has 0 atom stereocenters. The summed E-state index contributed by atoms with van der Waals surface area (Å²) in [7, 11) is 0. The van der Waals surface area contributed by atoms with Crippen LogP contribution in [0.3, 0.4) is 0 Å². The van der Waals surface area contributed by atoms with Crippen LogP contribution in [-0.2, 0) is 0 Å². The molecule has 0 aromatic heterocycles. The summed E-state index contributed by atoms with van der Waals surface area (Å²) in [6, 6.07) is 7.34. The lowest BCUT2D eigenvalue weighted by molar-refractivity contribution is 0.111. The Kier molecular flexibility index (Phi) is 4.88. The molecule has 0 N–H and O–H groups in total. The van der Waals surface area contributed by atoms with Gasteiger partial charge in [-0.25, -0.2) is 0 Å². The third-order valence-electron chi connectivity index (χ3n) is 2.68. The van der Waals surface area contributed by atoms with Crippen LogP contribution < -0.4 is 4.74 Å². The quantitative estimate of drug-likeness (QED) is 0.667. The van der Waals surface area contributed by atoms with Crippen molar-refractivity contribution in [3.05, 3.63) is 29.8 Å². The number of hydrogen-bond donors (Lipinski definition) is 0. The summed E-state index contributed by atoms with van der Waals surface area (Å²) in [6.45, 7) is 5.00. The van der Waals surface area contributed by atoms with Gasteiger partial charge in [0.05, 0.1) is 12.2 Å². The summed E-state index contributed by atoms with van der Waals surface area (Å²) in [5, 5.41) is 0. The van der Waals surface area contributed by atoms with Crippen molar-refractivity contribution in [2.24, 2.45) is 5.92 Å². The molecule has 0 aliphatic carbocycles. The average molecular weight is 206 g/mol. The molecule has 1 rings (SSSR count). The van der Waals surface area contributed by atoms with Gasteiger partial charge >= 0.3 is 0 Å². The molecule has 82 valence electrons. The molecule has 0 bridgehead atoms. The van der Waals surface area contributed by atoms with E-state index >= 15 is 0 Å². The normalized spacial score (nSPS) is 10.3. The zero-order chi connectivity index (χ0) is 11.1. The van der Waals surface area contributed by atoms with Crippen molar-refractivity contribution in [1.29, 1.82) is 0 Å². The van der Waals surface area contributed by atoms with Crippen molar-refractivity contribution < 1.29 is 9.53 Å². The fourth-order valence-corrected chi connectivity index (χ4v) is 1.44. The number of benzene rings is 1. The maximum Gasteiger partial charge on any atom is 0.153 e. The highest BCUT2D eigenvalue weighted by molar-refractivity contribution is 5.79. The Labute approximate surface area is 91.3 Å². The molecule has 0 radical (unpaired) electrons. The van der Waals surface area contributed by atoms with Crippen molar-refractivity contribution in [2.75, 3.05) is 6.61 Å². The summed E-state index contributed by atoms with van der Waals surface area (Å²) >= 11 is 0. The van der Waals surface area contributed by atoms with Gasteiger partial charge in [0.15, 0.2) is 6.29 Å². The van der Waals surface area contributed by atoms with Crippen LogP contribution in [0.25, 0.3) is 0 Å². The molecule has 0 spiro atoms. The number of aldehydes is 1. The summed E-state index contributed by atoms with van der Waals surface area (Å²) in [6.07, 6.45) is 3.06. The van der Waals surface area contributed by atoms with Crippen LogP contribution in [0.5, 0.6) is 5.75 Å². The molecule has 0 heterocycles. The van der Waals surface area contributed by atoms with Crippen molar-refractivity contribution in [2.45, 2.75) is 26.7 Å². The molecule has 0 saturated heterocycles. The van der Waals surface area contributed by atoms with Crippen molar-refractivity contribution in [3.8, 4) is 5.75 Å². The minimum absolute atomic E-state index is 0.574. The first-order valence-corrected chi connectivity index (χ1v) is 5.48. The summed E-state index contributed by atoms with van der Waals surface area (Å²) in [4.78, 5) is 10.7. The van der Waals surface area contributed by atoms with E-state index in [-0.39, 0.29) is 0 Å². The van der Waals surface area contributed by atoms with Crippen LogP contribution in [0, 0.1) is 5.92 Å². The molecule has 0 fully saturated rings. The number of rotatable bonds is 6. The number of para-hydroxylation sites is 1. The molecular weight excluding hydrogens is 188 g/mol. The van der Waals surface area contributed by atoms with E-state index in [1.54, 1.807) is 6.07 Å². The number of ether oxygens (including phenoxy) is 1. The molecule has 0 aliphatic rings. The highest BCUT2D eigenvalue weighted by atomic mass is 16.5. The third-order valence-corrected chi connectivity index (χ3v) is 2.68. The Bertz CT molecular complexity index is 303. The van der Waals surface area contributed by atoms with Gasteiger partial charge in [0.1, 0.15) is 5.75 Å². The maximum absolute atomic E-state index is 10.7. The van der Waals surface area contributed by atoms with Gasteiger partial charge in [0.2, 0.25) is 0 Å². The predicted octanol–water partition coefficient (Wildman–Crippen LogP) is 3.31. The van der Waals surface area contributed by atoms with Crippen molar-refractivity contribution >= 4 is 6.29 Å². The molecule has 15 heavy (non-hydrogen) atoms. The Morgan fingerprint density at radius 1 is 1.27 bits per heavy atom. The lowest BCUT2D eigenvalue weighted by Gasteiger charge is -2.14. The molecule has 2 nitrogen and oxygen atoms in total. The minimum Gasteiger partial charge on any atom is -0.493 e. The van der Waals surface area contributed by atoms with E-state index in [4.69, 9.17) is 4.74 Å². The first-order chi connectivity index (χ1) is 7.31. The second kappa shape index (κ2) is 6.23. The topological polar surface area (TPSA) is 26.3 Å². The molecule has 0 aliphatic heterocycles. The number of carbonyl (C=O) groups excluding carboxylic acids is 1. The highest BCUT2D eigenvalue weighted by Gasteiger charge is 2.06. The first kappa shape index (κ1) is 11.8. The zero-order valence-electron chi connectivity index (χ0n) is 9.40. The Morgan fingerprint density at radius 3 is 2.53 bits per heavy atom. The average Bonchev–Trinajstić information content (AvgIpc) is 2.31. The van der Waals surface area contributed by atoms with E-state index in [0.29, 0.717) is 23.8 Å². The highest BCUT2D eigenvalue weighted by Crippen LogP contribution is 2.18. The van der Waals surface area contributed by atoms with Crippen LogP contribution in [0.15, 0.2) is 24.3 Å². The van der Waals surface area contributed by atoms with Crippen LogP contribution in [0.2, 0.25) is 0 Å². The summed E-state index contributed by atoms with van der Waals surface area (Å²) in [5.41, 5.74) is 0.628. The lowest BCUT2D eigenvalue weighted by atomic mass is 10.1. The van der Waals surface area contributed by atoms with Gasteiger partial charge in [0.25, 0.3) is 0 Å². The van der Waals surface area contributed by atoms with Crippen LogP contribution in [-0.4, -0.2) is 12.9 Å². The smallest absolute Gasteiger partial charge is 0.153 e. The molecule has 1 aromatic carbocycles. The van der Waals surface area contributed by atoms with Gasteiger partial charge in [-0.15, -0.1) is 0 Å². The monoisotopic (exact) mass is 206 g/mol. The van der Waals surface area contributed by atoms with Gasteiger partial charge in [-0.1, -0.05) is 38.8 Å². The van der Waals surface area contributed by atoms with E-state index < -0.39 is 0 Å². The Hall–Kier alpha value is -1.31. The lowest BCUT2D eigenvalue weighted by Crippen LogP contribution is -2.10. The zero-order valence-corrected chi connectivity index (χ0v) is 9.40. The standard InChI is InChI=1S/C13H18O2/c1-3-11(4-2)10-15-13-8-6-5-7-12(13)9-14/h5-9,11H,3-4,10H2,1-2H3. The Morgan fingerprint density at radius 2 is 1.93 bits per heavy atom. The van der Waals surface area contributed by atoms with Gasteiger partial charge in [0, 0.05) is 0 Å². The SMILES string of the molecule is CCC(CC)COc1ccccc1C=O. The molecule has 0 amide bonds. The largest absolute Gasteiger partial charge is 0.493 e. The van der Waals surface area contributed by atoms with E-state index in [9.17, 15) is 4.79 Å². The van der Waals surface area contributed by atoms with Crippen LogP contribution in [0.4, 0.5) is 0 Å². The molecule has 2 heteroatoms.